The summed E-state index contributed by atoms with van der Waals surface area (Å²) in [7, 11) is 0. The molecule has 1 rings (SSSR count). The average Bonchev–Trinajstić information content (AvgIpc) is 2.28. The SMILES string of the molecule is CCOC(=O)CC(=O)NNc1ncc(Cl)cc1Cl. The Kier molecular flexibility index (Phi) is 5.67. The Labute approximate surface area is 114 Å². The highest BCUT2D eigenvalue weighted by Gasteiger charge is 2.10. The lowest BCUT2D eigenvalue weighted by molar-refractivity contribution is -0.145. The molecule has 98 valence electrons. The maximum absolute atomic E-state index is 11.3. The molecule has 0 aliphatic carbocycles. The highest BCUT2D eigenvalue weighted by atomic mass is 35.5. The molecule has 0 saturated carbocycles. The van der Waals surface area contributed by atoms with Crippen molar-refractivity contribution >= 4 is 40.9 Å². The van der Waals surface area contributed by atoms with Gasteiger partial charge in [0.05, 0.1) is 16.7 Å². The van der Waals surface area contributed by atoms with Crippen LogP contribution in [0, 0.1) is 0 Å². The van der Waals surface area contributed by atoms with Crippen LogP contribution < -0.4 is 10.9 Å². The Bertz CT molecular complexity index is 454. The molecule has 2 N–H and O–H groups in total. The van der Waals surface area contributed by atoms with Crippen molar-refractivity contribution in [2.45, 2.75) is 13.3 Å². The Balaban J connectivity index is 2.45. The van der Waals surface area contributed by atoms with Gasteiger partial charge in [-0.2, -0.15) is 0 Å². The third-order valence-corrected chi connectivity index (χ3v) is 2.23. The molecule has 0 fully saturated rings. The zero-order chi connectivity index (χ0) is 13.5. The van der Waals surface area contributed by atoms with Crippen LogP contribution in [-0.2, 0) is 14.3 Å². The standard InChI is InChI=1S/C10H11Cl2N3O3/c1-2-18-9(17)4-8(16)14-15-10-7(12)3-6(11)5-13-10/h3,5H,2,4H2,1H3,(H,13,15)(H,14,16). The number of amides is 1. The fraction of sp³-hybridized carbons (Fsp3) is 0.300. The van der Waals surface area contributed by atoms with Gasteiger partial charge in [0.15, 0.2) is 5.82 Å². The number of aromatic nitrogens is 1. The van der Waals surface area contributed by atoms with Crippen molar-refractivity contribution in [3.05, 3.63) is 22.3 Å². The number of esters is 1. The molecule has 0 saturated heterocycles. The van der Waals surface area contributed by atoms with E-state index < -0.39 is 11.9 Å². The van der Waals surface area contributed by atoms with Gasteiger partial charge >= 0.3 is 5.97 Å². The van der Waals surface area contributed by atoms with E-state index in [1.807, 2.05) is 0 Å². The number of hydrazine groups is 1. The van der Waals surface area contributed by atoms with Crippen molar-refractivity contribution in [3.63, 3.8) is 0 Å². The van der Waals surface area contributed by atoms with Crippen LogP contribution in [0.25, 0.3) is 0 Å². The van der Waals surface area contributed by atoms with Crippen LogP contribution in [0.2, 0.25) is 10.0 Å². The van der Waals surface area contributed by atoms with Crippen LogP contribution in [0.4, 0.5) is 5.82 Å². The predicted octanol–water partition coefficient (Wildman–Crippen LogP) is 1.78. The smallest absolute Gasteiger partial charge is 0.315 e. The molecular formula is C10H11Cl2N3O3. The largest absolute Gasteiger partial charge is 0.466 e. The molecule has 0 aliphatic heterocycles. The van der Waals surface area contributed by atoms with Gasteiger partial charge in [-0.3, -0.25) is 20.4 Å². The molecule has 0 bridgehead atoms. The minimum atomic E-state index is -0.605. The Morgan fingerprint density at radius 3 is 2.78 bits per heavy atom. The van der Waals surface area contributed by atoms with Crippen molar-refractivity contribution in [2.75, 3.05) is 12.0 Å². The van der Waals surface area contributed by atoms with Gasteiger partial charge in [-0.1, -0.05) is 23.2 Å². The minimum Gasteiger partial charge on any atom is -0.466 e. The van der Waals surface area contributed by atoms with E-state index in [0.717, 1.165) is 0 Å². The summed E-state index contributed by atoms with van der Waals surface area (Å²) in [6.45, 7) is 1.88. The number of ether oxygens (including phenoxy) is 1. The van der Waals surface area contributed by atoms with Gasteiger partial charge in [-0.05, 0) is 13.0 Å². The molecule has 0 aliphatic rings. The summed E-state index contributed by atoms with van der Waals surface area (Å²) in [5, 5.41) is 0.627. The number of nitrogens with one attached hydrogen (secondary N) is 2. The van der Waals surface area contributed by atoms with E-state index in [-0.39, 0.29) is 23.9 Å². The lowest BCUT2D eigenvalue weighted by Crippen LogP contribution is -2.32. The van der Waals surface area contributed by atoms with E-state index in [1.54, 1.807) is 6.92 Å². The van der Waals surface area contributed by atoms with Gasteiger partial charge in [0.25, 0.3) is 0 Å². The van der Waals surface area contributed by atoms with Crippen LogP contribution in [0.3, 0.4) is 0 Å². The Morgan fingerprint density at radius 1 is 1.44 bits per heavy atom. The second kappa shape index (κ2) is 7.03. The van der Waals surface area contributed by atoms with Gasteiger partial charge in [0, 0.05) is 6.20 Å². The first kappa shape index (κ1) is 14.5. The molecule has 8 heteroatoms. The average molecular weight is 292 g/mol. The first-order valence-electron chi connectivity index (χ1n) is 5.04. The number of rotatable bonds is 5. The first-order chi connectivity index (χ1) is 8.52. The maximum Gasteiger partial charge on any atom is 0.315 e. The van der Waals surface area contributed by atoms with E-state index in [9.17, 15) is 9.59 Å². The number of halogens is 2. The van der Waals surface area contributed by atoms with Gasteiger partial charge < -0.3 is 4.74 Å². The van der Waals surface area contributed by atoms with Crippen molar-refractivity contribution in [2.24, 2.45) is 0 Å². The molecule has 0 radical (unpaired) electrons. The van der Waals surface area contributed by atoms with Crippen LogP contribution in [0.1, 0.15) is 13.3 Å². The number of hydrogen-bond acceptors (Lipinski definition) is 5. The lowest BCUT2D eigenvalue weighted by atomic mass is 10.4. The molecule has 1 aromatic heterocycles. The Hall–Kier alpha value is -1.53. The van der Waals surface area contributed by atoms with Gasteiger partial charge in [0.1, 0.15) is 6.42 Å². The topological polar surface area (TPSA) is 80.3 Å². The predicted molar refractivity (Wildman–Crippen MR) is 67.3 cm³/mol. The summed E-state index contributed by atoms with van der Waals surface area (Å²) in [5.41, 5.74) is 4.75. The van der Waals surface area contributed by atoms with E-state index in [0.29, 0.717) is 5.02 Å². The molecule has 1 heterocycles. The van der Waals surface area contributed by atoms with E-state index in [4.69, 9.17) is 23.2 Å². The molecule has 0 spiro atoms. The third kappa shape index (κ3) is 4.77. The quantitative estimate of drug-likeness (QED) is 0.491. The van der Waals surface area contributed by atoms with Crippen molar-refractivity contribution in [1.82, 2.24) is 10.4 Å². The molecule has 0 unspecified atom stereocenters. The monoisotopic (exact) mass is 291 g/mol. The highest BCUT2D eigenvalue weighted by Crippen LogP contribution is 2.21. The molecule has 0 aromatic carbocycles. The highest BCUT2D eigenvalue weighted by molar-refractivity contribution is 6.35. The molecular weight excluding hydrogens is 281 g/mol. The number of anilines is 1. The fourth-order valence-corrected chi connectivity index (χ4v) is 1.45. The lowest BCUT2D eigenvalue weighted by Gasteiger charge is -2.08. The van der Waals surface area contributed by atoms with Crippen molar-refractivity contribution < 1.29 is 14.3 Å². The fourth-order valence-electron chi connectivity index (χ4n) is 1.02. The van der Waals surface area contributed by atoms with E-state index >= 15 is 0 Å². The number of nitrogens with zero attached hydrogens (tertiary/aromatic N) is 1. The normalized spacial score (nSPS) is 9.72. The van der Waals surface area contributed by atoms with Crippen LogP contribution in [-0.4, -0.2) is 23.5 Å². The summed E-state index contributed by atoms with van der Waals surface area (Å²) in [6.07, 6.45) is 0.985. The van der Waals surface area contributed by atoms with E-state index in [1.165, 1.54) is 12.3 Å². The van der Waals surface area contributed by atoms with Crippen LogP contribution in [0.15, 0.2) is 12.3 Å². The van der Waals surface area contributed by atoms with Crippen LogP contribution in [0.5, 0.6) is 0 Å². The van der Waals surface area contributed by atoms with Gasteiger partial charge in [-0.25, -0.2) is 4.98 Å². The molecule has 0 atom stereocenters. The van der Waals surface area contributed by atoms with Crippen molar-refractivity contribution in [1.29, 1.82) is 0 Å². The summed E-state index contributed by atoms with van der Waals surface area (Å²) in [5.74, 6) is -0.925. The zero-order valence-corrected chi connectivity index (χ0v) is 11.0. The minimum absolute atomic E-state index is 0.226. The molecule has 18 heavy (non-hydrogen) atoms. The zero-order valence-electron chi connectivity index (χ0n) is 9.50. The van der Waals surface area contributed by atoms with Gasteiger partial charge in [0.2, 0.25) is 5.91 Å². The third-order valence-electron chi connectivity index (χ3n) is 1.74. The summed E-state index contributed by atoms with van der Waals surface area (Å²) < 4.78 is 4.62. The van der Waals surface area contributed by atoms with Crippen LogP contribution >= 0.6 is 23.2 Å². The number of carbonyl (C=O) groups is 2. The number of hydrogen-bond donors (Lipinski definition) is 2. The molecule has 6 nitrogen and oxygen atoms in total. The number of pyridine rings is 1. The van der Waals surface area contributed by atoms with Crippen molar-refractivity contribution in [3.8, 4) is 0 Å². The molecule has 1 aromatic rings. The Morgan fingerprint density at radius 2 is 2.17 bits per heavy atom. The maximum atomic E-state index is 11.3. The summed E-state index contributed by atoms with van der Waals surface area (Å²) in [6, 6.07) is 1.47. The first-order valence-corrected chi connectivity index (χ1v) is 5.80. The second-order valence-electron chi connectivity index (χ2n) is 3.14. The second-order valence-corrected chi connectivity index (χ2v) is 3.98. The van der Waals surface area contributed by atoms with Gasteiger partial charge in [-0.15, -0.1) is 0 Å². The summed E-state index contributed by atoms with van der Waals surface area (Å²) in [4.78, 5) is 26.2. The van der Waals surface area contributed by atoms with E-state index in [2.05, 4.69) is 20.6 Å². The number of carbonyl (C=O) groups excluding carboxylic acids is 2. The summed E-state index contributed by atoms with van der Waals surface area (Å²) >= 11 is 11.5. The molecule has 1 amide bonds.